The monoisotopic (exact) mass is 616 g/mol. The number of carbonyl (C=O) groups is 1. The molecular formula is C31H36N8O4S. The first-order valence-electron chi connectivity index (χ1n) is 15.0. The van der Waals surface area contributed by atoms with Gasteiger partial charge in [-0.1, -0.05) is 18.5 Å². The molecule has 3 atom stereocenters. The minimum atomic E-state index is -1.13. The minimum Gasteiger partial charge on any atom is -0.476 e. The molecule has 1 aliphatic carbocycles. The van der Waals surface area contributed by atoms with Crippen LogP contribution in [0.25, 0.3) is 17.3 Å². The number of fused-ring (bicyclic) bond motifs is 1. The molecule has 0 amide bonds. The predicted molar refractivity (Wildman–Crippen MR) is 164 cm³/mol. The summed E-state index contributed by atoms with van der Waals surface area (Å²) < 4.78 is 14.0. The molecule has 1 saturated heterocycles. The number of likely N-dealkylation sites (N-methyl/N-ethyl adjacent to an activating group) is 1. The Hall–Kier alpha value is -4.28. The number of aryl methyl sites for hydroxylation is 1. The molecule has 0 spiro atoms. The molecule has 5 heterocycles. The molecule has 1 aliphatic heterocycles. The Morgan fingerprint density at radius 2 is 2.20 bits per heavy atom. The number of nitriles is 1. The van der Waals surface area contributed by atoms with E-state index in [-0.39, 0.29) is 17.8 Å². The van der Waals surface area contributed by atoms with Crippen molar-refractivity contribution in [2.24, 2.45) is 0 Å². The third-order valence-corrected chi connectivity index (χ3v) is 9.99. The van der Waals surface area contributed by atoms with Gasteiger partial charge in [0, 0.05) is 28.7 Å². The number of ether oxygens (including phenoxy) is 1. The Kier molecular flexibility index (Phi) is 7.89. The second-order valence-electron chi connectivity index (χ2n) is 11.9. The number of carboxylic acids is 1. The van der Waals surface area contributed by atoms with E-state index in [1.807, 2.05) is 6.92 Å². The molecular weight excluding hydrogens is 580 g/mol. The summed E-state index contributed by atoms with van der Waals surface area (Å²) in [5, 5.41) is 28.8. The summed E-state index contributed by atoms with van der Waals surface area (Å²) in [6.07, 6.45) is 7.57. The number of likely N-dealkylation sites (tertiary alicyclic amines) is 1. The van der Waals surface area contributed by atoms with Crippen LogP contribution in [0, 0.1) is 11.3 Å². The molecule has 3 N–H and O–H groups in total. The van der Waals surface area contributed by atoms with Crippen molar-refractivity contribution in [2.75, 3.05) is 19.3 Å². The SMILES string of the molecule is CCCc1c(-c2nc(O[C@@H](C)[C@@H]3CCCN3C)cc(-n3ccc(C(=O)O)n3)n2)noc1[C@@]1(C)CCCc2sc(N)c(C#N)c21. The van der Waals surface area contributed by atoms with Crippen LogP contribution in [0.5, 0.6) is 5.88 Å². The van der Waals surface area contributed by atoms with Gasteiger partial charge < -0.3 is 20.1 Å². The van der Waals surface area contributed by atoms with Gasteiger partial charge >= 0.3 is 5.97 Å². The molecule has 0 radical (unpaired) electrons. The Labute approximate surface area is 259 Å². The standard InChI is InChI=1S/C31H36N8O4S/c1-5-8-18-26(37-43-27(18)31(3)12-6-10-22-25(31)19(16-32)28(33)44-22)29-34-23(39-14-11-20(36-39)30(40)41)15-24(35-29)42-17(2)21-9-7-13-38(21)4/h11,14-15,17,21H,5-10,12-13,33H2,1-4H3,(H,40,41)/t17-,21-,31-/m0/s1. The first-order valence-corrected chi connectivity index (χ1v) is 15.8. The van der Waals surface area contributed by atoms with Crippen LogP contribution in [0.4, 0.5) is 5.00 Å². The normalized spacial score (nSPS) is 20.8. The van der Waals surface area contributed by atoms with Crippen molar-refractivity contribution in [2.45, 2.75) is 83.3 Å². The van der Waals surface area contributed by atoms with Crippen molar-refractivity contribution in [1.29, 1.82) is 5.26 Å². The number of aromatic nitrogens is 5. The number of nitrogens with two attached hydrogens (primary N) is 1. The Morgan fingerprint density at radius 1 is 1.39 bits per heavy atom. The van der Waals surface area contributed by atoms with Gasteiger partial charge in [0.15, 0.2) is 28.8 Å². The summed E-state index contributed by atoms with van der Waals surface area (Å²) in [6, 6.07) is 5.65. The Bertz CT molecular complexity index is 1750. The van der Waals surface area contributed by atoms with Crippen LogP contribution in [0.3, 0.4) is 0 Å². The van der Waals surface area contributed by atoms with E-state index in [0.29, 0.717) is 46.0 Å². The van der Waals surface area contributed by atoms with E-state index in [2.05, 4.69) is 42.1 Å². The first-order chi connectivity index (χ1) is 21.1. The Balaban J connectivity index is 1.48. The van der Waals surface area contributed by atoms with Crippen molar-refractivity contribution in [1.82, 2.24) is 29.8 Å². The van der Waals surface area contributed by atoms with Gasteiger partial charge in [0.05, 0.1) is 11.0 Å². The van der Waals surface area contributed by atoms with E-state index in [4.69, 9.17) is 25.0 Å². The molecule has 0 bridgehead atoms. The van der Waals surface area contributed by atoms with Crippen molar-refractivity contribution < 1.29 is 19.2 Å². The quantitative estimate of drug-likeness (QED) is 0.260. The van der Waals surface area contributed by atoms with Crippen LogP contribution in [0.2, 0.25) is 0 Å². The molecule has 2 aliphatic rings. The molecule has 6 rings (SSSR count). The van der Waals surface area contributed by atoms with E-state index < -0.39 is 11.4 Å². The van der Waals surface area contributed by atoms with Crippen molar-refractivity contribution >= 4 is 22.3 Å². The minimum absolute atomic E-state index is 0.103. The number of nitrogens with zero attached hydrogens (tertiary/aromatic N) is 7. The molecule has 44 heavy (non-hydrogen) atoms. The third kappa shape index (κ3) is 5.11. The number of carboxylic acid groups (broad SMARTS) is 1. The smallest absolute Gasteiger partial charge is 0.356 e. The molecule has 1 fully saturated rings. The summed E-state index contributed by atoms with van der Waals surface area (Å²) in [5.41, 5.74) is 8.39. The molecule has 0 saturated carbocycles. The molecule has 4 aromatic heterocycles. The van der Waals surface area contributed by atoms with Crippen molar-refractivity contribution in [3.05, 3.63) is 51.4 Å². The molecule has 0 unspecified atom stereocenters. The van der Waals surface area contributed by atoms with Crippen LogP contribution in [0.15, 0.2) is 22.9 Å². The first kappa shape index (κ1) is 29.8. The average molecular weight is 617 g/mol. The lowest BCUT2D eigenvalue weighted by atomic mass is 9.69. The van der Waals surface area contributed by atoms with Gasteiger partial charge in [0.2, 0.25) is 5.88 Å². The lowest BCUT2D eigenvalue weighted by molar-refractivity contribution is 0.0690. The maximum atomic E-state index is 11.6. The maximum absolute atomic E-state index is 11.6. The van der Waals surface area contributed by atoms with Gasteiger partial charge in [-0.3, -0.25) is 4.90 Å². The van der Waals surface area contributed by atoms with Gasteiger partial charge in [0.1, 0.15) is 17.2 Å². The molecule has 230 valence electrons. The van der Waals surface area contributed by atoms with Crippen molar-refractivity contribution in [3.63, 3.8) is 0 Å². The number of aromatic carboxylic acids is 1. The van der Waals surface area contributed by atoms with Crippen LogP contribution in [-0.2, 0) is 18.3 Å². The van der Waals surface area contributed by atoms with Gasteiger partial charge in [0.25, 0.3) is 0 Å². The molecule has 12 nitrogen and oxygen atoms in total. The number of nitrogen functional groups attached to an aromatic ring is 1. The van der Waals surface area contributed by atoms with E-state index in [0.717, 1.165) is 61.1 Å². The molecule has 13 heteroatoms. The lowest BCUT2D eigenvalue weighted by Gasteiger charge is -2.33. The molecule has 0 aromatic carbocycles. The fourth-order valence-corrected chi connectivity index (χ4v) is 7.97. The van der Waals surface area contributed by atoms with E-state index in [1.54, 1.807) is 12.3 Å². The summed E-state index contributed by atoms with van der Waals surface area (Å²) in [7, 11) is 2.09. The van der Waals surface area contributed by atoms with Crippen LogP contribution in [-0.4, -0.2) is 66.6 Å². The molecule has 4 aromatic rings. The number of hydrogen-bond acceptors (Lipinski definition) is 11. The zero-order chi connectivity index (χ0) is 31.2. The highest BCUT2D eigenvalue weighted by molar-refractivity contribution is 7.16. The highest BCUT2D eigenvalue weighted by Gasteiger charge is 2.44. The number of rotatable bonds is 9. The Morgan fingerprint density at radius 3 is 2.89 bits per heavy atom. The van der Waals surface area contributed by atoms with Gasteiger partial charge in [-0.25, -0.2) is 14.5 Å². The van der Waals surface area contributed by atoms with Crippen LogP contribution < -0.4 is 10.5 Å². The van der Waals surface area contributed by atoms with E-state index in [9.17, 15) is 15.2 Å². The second-order valence-corrected chi connectivity index (χ2v) is 13.0. The van der Waals surface area contributed by atoms with Gasteiger partial charge in [-0.2, -0.15) is 15.3 Å². The van der Waals surface area contributed by atoms with Crippen LogP contribution in [0.1, 0.15) is 90.7 Å². The highest BCUT2D eigenvalue weighted by Crippen LogP contribution is 2.50. The lowest BCUT2D eigenvalue weighted by Crippen LogP contribution is -2.38. The number of thiophene rings is 1. The largest absolute Gasteiger partial charge is 0.476 e. The fourth-order valence-electron chi connectivity index (χ4n) is 6.78. The maximum Gasteiger partial charge on any atom is 0.356 e. The summed E-state index contributed by atoms with van der Waals surface area (Å²) in [6.45, 7) is 7.23. The predicted octanol–water partition coefficient (Wildman–Crippen LogP) is 4.99. The zero-order valence-corrected chi connectivity index (χ0v) is 26.1. The number of hydrogen-bond donors (Lipinski definition) is 2. The van der Waals surface area contributed by atoms with E-state index >= 15 is 0 Å². The summed E-state index contributed by atoms with van der Waals surface area (Å²) in [5.74, 6) is 0.528. The highest BCUT2D eigenvalue weighted by atomic mass is 32.1. The van der Waals surface area contributed by atoms with Crippen LogP contribution >= 0.6 is 11.3 Å². The fraction of sp³-hybridized carbons (Fsp3) is 0.484. The van der Waals surface area contributed by atoms with Crippen molar-refractivity contribution in [3.8, 4) is 29.3 Å². The summed E-state index contributed by atoms with van der Waals surface area (Å²) in [4.78, 5) is 24.6. The van der Waals surface area contributed by atoms with E-state index in [1.165, 1.54) is 22.1 Å². The van der Waals surface area contributed by atoms with Gasteiger partial charge in [-0.05, 0) is 77.6 Å². The van der Waals surface area contributed by atoms with Gasteiger partial charge in [-0.15, -0.1) is 11.3 Å². The number of anilines is 1. The topological polar surface area (TPSA) is 169 Å². The third-order valence-electron chi connectivity index (χ3n) is 8.91. The zero-order valence-electron chi connectivity index (χ0n) is 25.3. The average Bonchev–Trinajstić information content (AvgIpc) is 3.79. The second kappa shape index (κ2) is 11.7. The summed E-state index contributed by atoms with van der Waals surface area (Å²) >= 11 is 1.48.